The third-order valence-electron chi connectivity index (χ3n) is 2.03. The molecule has 0 aromatic heterocycles. The molecule has 0 aliphatic heterocycles. The molecule has 5 nitrogen and oxygen atoms in total. The number of carbonyl (C=O) groups excluding carboxylic acids is 1. The van der Waals surface area contributed by atoms with Gasteiger partial charge < -0.3 is 15.2 Å². The fraction of sp³-hybridized carbons (Fsp3) is 0.800. The predicted octanol–water partition coefficient (Wildman–Crippen LogP) is 1.37. The van der Waals surface area contributed by atoms with E-state index in [1.807, 2.05) is 0 Å². The summed E-state index contributed by atoms with van der Waals surface area (Å²) in [5.41, 5.74) is -0.601. The van der Waals surface area contributed by atoms with Crippen LogP contribution < -0.4 is 5.32 Å². The molecule has 1 saturated carbocycles. The SMILES string of the molecule is CC(C)(C)OC(=O)N[C@H](C(=O)O)C1CC1. The van der Waals surface area contributed by atoms with Gasteiger partial charge in [0.25, 0.3) is 0 Å². The first-order chi connectivity index (χ1) is 6.79. The van der Waals surface area contributed by atoms with Gasteiger partial charge in [-0.2, -0.15) is 0 Å². The van der Waals surface area contributed by atoms with Gasteiger partial charge in [-0.25, -0.2) is 9.59 Å². The van der Waals surface area contributed by atoms with Gasteiger partial charge in [0.05, 0.1) is 0 Å². The summed E-state index contributed by atoms with van der Waals surface area (Å²) in [6.07, 6.45) is 1.04. The van der Waals surface area contributed by atoms with Crippen molar-refractivity contribution >= 4 is 12.1 Å². The van der Waals surface area contributed by atoms with E-state index in [-0.39, 0.29) is 5.92 Å². The van der Waals surface area contributed by atoms with Crippen molar-refractivity contribution in [2.75, 3.05) is 0 Å². The van der Waals surface area contributed by atoms with E-state index < -0.39 is 23.7 Å². The van der Waals surface area contributed by atoms with Gasteiger partial charge in [-0.05, 0) is 39.5 Å². The van der Waals surface area contributed by atoms with Gasteiger partial charge in [-0.15, -0.1) is 0 Å². The Hall–Kier alpha value is -1.26. The fourth-order valence-corrected chi connectivity index (χ4v) is 1.25. The Morgan fingerprint density at radius 1 is 1.40 bits per heavy atom. The minimum absolute atomic E-state index is 0.0648. The van der Waals surface area contributed by atoms with E-state index in [2.05, 4.69) is 5.32 Å². The number of rotatable bonds is 3. The molecule has 0 aromatic carbocycles. The summed E-state index contributed by atoms with van der Waals surface area (Å²) in [6, 6.07) is -0.806. The number of carboxylic acid groups (broad SMARTS) is 1. The molecule has 0 unspecified atom stereocenters. The van der Waals surface area contributed by atoms with Gasteiger partial charge in [-0.1, -0.05) is 0 Å². The number of nitrogens with one attached hydrogen (secondary N) is 1. The smallest absolute Gasteiger partial charge is 0.408 e. The molecule has 0 saturated heterocycles. The largest absolute Gasteiger partial charge is 0.480 e. The maximum absolute atomic E-state index is 11.3. The van der Waals surface area contributed by atoms with E-state index in [0.29, 0.717) is 0 Å². The van der Waals surface area contributed by atoms with Crippen LogP contribution in [-0.4, -0.2) is 28.8 Å². The molecule has 0 heterocycles. The molecule has 1 atom stereocenters. The summed E-state index contributed by atoms with van der Waals surface area (Å²) in [7, 11) is 0. The summed E-state index contributed by atoms with van der Waals surface area (Å²) < 4.78 is 4.98. The Kier molecular flexibility index (Phi) is 3.21. The van der Waals surface area contributed by atoms with Gasteiger partial charge in [0, 0.05) is 0 Å². The quantitative estimate of drug-likeness (QED) is 0.745. The summed E-state index contributed by atoms with van der Waals surface area (Å²) >= 11 is 0. The lowest BCUT2D eigenvalue weighted by Gasteiger charge is -2.21. The Labute approximate surface area is 88.8 Å². The van der Waals surface area contributed by atoms with Crippen molar-refractivity contribution in [1.82, 2.24) is 5.32 Å². The summed E-state index contributed by atoms with van der Waals surface area (Å²) in [6.45, 7) is 5.21. The third kappa shape index (κ3) is 4.18. The molecule has 15 heavy (non-hydrogen) atoms. The molecular formula is C10H17NO4. The van der Waals surface area contributed by atoms with Crippen LogP contribution in [-0.2, 0) is 9.53 Å². The fourth-order valence-electron chi connectivity index (χ4n) is 1.25. The van der Waals surface area contributed by atoms with E-state index in [0.717, 1.165) is 12.8 Å². The number of aliphatic carboxylic acids is 1. The first-order valence-electron chi connectivity index (χ1n) is 5.02. The van der Waals surface area contributed by atoms with Crippen LogP contribution in [0.25, 0.3) is 0 Å². The average molecular weight is 215 g/mol. The summed E-state index contributed by atoms with van der Waals surface area (Å²) in [4.78, 5) is 22.1. The van der Waals surface area contributed by atoms with Crippen LogP contribution in [0.2, 0.25) is 0 Å². The Morgan fingerprint density at radius 3 is 2.27 bits per heavy atom. The third-order valence-corrected chi connectivity index (χ3v) is 2.03. The number of carboxylic acids is 1. The predicted molar refractivity (Wildman–Crippen MR) is 53.5 cm³/mol. The maximum atomic E-state index is 11.3. The highest BCUT2D eigenvalue weighted by Gasteiger charge is 2.38. The summed E-state index contributed by atoms with van der Waals surface area (Å²) in [5, 5.41) is 11.2. The monoisotopic (exact) mass is 215 g/mol. The summed E-state index contributed by atoms with van der Waals surface area (Å²) in [5.74, 6) is -0.932. The van der Waals surface area contributed by atoms with Crippen LogP contribution in [0.3, 0.4) is 0 Å². The van der Waals surface area contributed by atoms with Crippen molar-refractivity contribution in [2.45, 2.75) is 45.3 Å². The Morgan fingerprint density at radius 2 is 1.93 bits per heavy atom. The second-order valence-electron chi connectivity index (χ2n) is 4.80. The second-order valence-corrected chi connectivity index (χ2v) is 4.80. The zero-order valence-corrected chi connectivity index (χ0v) is 9.24. The van der Waals surface area contributed by atoms with E-state index in [1.54, 1.807) is 20.8 Å². The standard InChI is InChI=1S/C10H17NO4/c1-10(2,3)15-9(14)11-7(8(12)13)6-4-5-6/h6-7H,4-5H2,1-3H3,(H,11,14)(H,12,13)/t7-/m0/s1. The molecular weight excluding hydrogens is 198 g/mol. The normalized spacial score (nSPS) is 18.1. The molecule has 1 amide bonds. The molecule has 1 aliphatic rings. The highest BCUT2D eigenvalue weighted by atomic mass is 16.6. The number of ether oxygens (including phenoxy) is 1. The minimum atomic E-state index is -0.997. The lowest BCUT2D eigenvalue weighted by Crippen LogP contribution is -2.44. The molecule has 1 rings (SSSR count). The zero-order chi connectivity index (χ0) is 11.6. The molecule has 5 heteroatoms. The van der Waals surface area contributed by atoms with Crippen LogP contribution in [0, 0.1) is 5.92 Å². The van der Waals surface area contributed by atoms with Gasteiger partial charge in [-0.3, -0.25) is 0 Å². The number of hydrogen-bond acceptors (Lipinski definition) is 3. The molecule has 2 N–H and O–H groups in total. The lowest BCUT2D eigenvalue weighted by molar-refractivity contribution is -0.140. The molecule has 0 spiro atoms. The first kappa shape index (κ1) is 11.8. The number of carbonyl (C=O) groups is 2. The molecule has 0 bridgehead atoms. The maximum Gasteiger partial charge on any atom is 0.408 e. The van der Waals surface area contributed by atoms with Crippen LogP contribution in [0.5, 0.6) is 0 Å². The van der Waals surface area contributed by atoms with Crippen molar-refractivity contribution in [2.24, 2.45) is 5.92 Å². The molecule has 1 aliphatic carbocycles. The van der Waals surface area contributed by atoms with Crippen LogP contribution >= 0.6 is 0 Å². The van der Waals surface area contributed by atoms with Crippen LogP contribution in [0.15, 0.2) is 0 Å². The van der Waals surface area contributed by atoms with Crippen LogP contribution in [0.4, 0.5) is 4.79 Å². The van der Waals surface area contributed by atoms with Gasteiger partial charge in [0.2, 0.25) is 0 Å². The minimum Gasteiger partial charge on any atom is -0.480 e. The number of alkyl carbamates (subject to hydrolysis) is 1. The molecule has 86 valence electrons. The first-order valence-corrected chi connectivity index (χ1v) is 5.02. The Balaban J connectivity index is 2.44. The van der Waals surface area contributed by atoms with Gasteiger partial charge >= 0.3 is 12.1 Å². The van der Waals surface area contributed by atoms with Gasteiger partial charge in [0.1, 0.15) is 11.6 Å². The topological polar surface area (TPSA) is 75.6 Å². The van der Waals surface area contributed by atoms with Crippen LogP contribution in [0.1, 0.15) is 33.6 Å². The van der Waals surface area contributed by atoms with E-state index >= 15 is 0 Å². The highest BCUT2D eigenvalue weighted by molar-refractivity contribution is 5.80. The number of amides is 1. The van der Waals surface area contributed by atoms with Crippen molar-refractivity contribution in [1.29, 1.82) is 0 Å². The van der Waals surface area contributed by atoms with E-state index in [9.17, 15) is 9.59 Å². The van der Waals surface area contributed by atoms with Crippen molar-refractivity contribution < 1.29 is 19.4 Å². The van der Waals surface area contributed by atoms with Crippen molar-refractivity contribution in [3.63, 3.8) is 0 Å². The van der Waals surface area contributed by atoms with E-state index in [4.69, 9.17) is 9.84 Å². The number of hydrogen-bond donors (Lipinski definition) is 2. The molecule has 1 fully saturated rings. The highest BCUT2D eigenvalue weighted by Crippen LogP contribution is 2.32. The zero-order valence-electron chi connectivity index (χ0n) is 9.24. The average Bonchev–Trinajstić information content (AvgIpc) is 2.78. The molecule has 0 radical (unpaired) electrons. The van der Waals surface area contributed by atoms with E-state index in [1.165, 1.54) is 0 Å². The van der Waals surface area contributed by atoms with Gasteiger partial charge in [0.15, 0.2) is 0 Å². The second kappa shape index (κ2) is 4.08. The lowest BCUT2D eigenvalue weighted by atomic mass is 10.2. The Bertz CT molecular complexity index is 265. The molecule has 0 aromatic rings. The van der Waals surface area contributed by atoms with Crippen molar-refractivity contribution in [3.8, 4) is 0 Å². The van der Waals surface area contributed by atoms with Crippen molar-refractivity contribution in [3.05, 3.63) is 0 Å².